The molecule has 0 heterocycles. The number of sulfonamides is 1. The van der Waals surface area contributed by atoms with Crippen LogP contribution in [0.2, 0.25) is 0 Å². The van der Waals surface area contributed by atoms with Crippen LogP contribution in [-0.4, -0.2) is 15.0 Å². The monoisotopic (exact) mass is 227 g/mol. The summed E-state index contributed by atoms with van der Waals surface area (Å²) < 4.78 is 25.8. The summed E-state index contributed by atoms with van der Waals surface area (Å²) in [6.07, 6.45) is 8.90. The van der Waals surface area contributed by atoms with Crippen LogP contribution in [0, 0.1) is 5.41 Å². The van der Waals surface area contributed by atoms with Crippen LogP contribution in [0.4, 0.5) is 0 Å². The first kappa shape index (κ1) is 12.2. The first-order valence-corrected chi connectivity index (χ1v) is 6.44. The lowest BCUT2D eigenvalue weighted by molar-refractivity contribution is 0.591. The minimum absolute atomic E-state index is 0.0972. The van der Waals surface area contributed by atoms with Crippen LogP contribution >= 0.6 is 0 Å². The molecule has 0 saturated heterocycles. The molecule has 0 aliphatic heterocycles. The quantitative estimate of drug-likeness (QED) is 0.801. The van der Waals surface area contributed by atoms with E-state index in [1.54, 1.807) is 25.2 Å². The SMILES string of the molecule is CCNS(=O)(=O)C1=CC=CC(C)(C)C=C1. The van der Waals surface area contributed by atoms with E-state index in [9.17, 15) is 8.42 Å². The second kappa shape index (κ2) is 4.33. The molecule has 0 atom stereocenters. The molecule has 1 N–H and O–H groups in total. The van der Waals surface area contributed by atoms with Gasteiger partial charge < -0.3 is 0 Å². The largest absolute Gasteiger partial charge is 0.240 e. The Labute approximate surface area is 91.6 Å². The molecule has 1 aliphatic rings. The molecule has 0 aromatic rings. The van der Waals surface area contributed by atoms with Gasteiger partial charge in [0.2, 0.25) is 10.0 Å². The third-order valence-corrected chi connectivity index (χ3v) is 3.67. The van der Waals surface area contributed by atoms with Gasteiger partial charge in [0.05, 0.1) is 4.91 Å². The predicted octanol–water partition coefficient (Wildman–Crippen LogP) is 1.96. The van der Waals surface area contributed by atoms with E-state index in [1.165, 1.54) is 0 Å². The van der Waals surface area contributed by atoms with Crippen LogP contribution in [0.25, 0.3) is 0 Å². The zero-order valence-electron chi connectivity index (χ0n) is 9.32. The fourth-order valence-corrected chi connectivity index (χ4v) is 2.30. The van der Waals surface area contributed by atoms with Gasteiger partial charge >= 0.3 is 0 Å². The van der Waals surface area contributed by atoms with Crippen LogP contribution in [0.15, 0.2) is 35.3 Å². The van der Waals surface area contributed by atoms with Crippen LogP contribution in [0.1, 0.15) is 20.8 Å². The van der Waals surface area contributed by atoms with Gasteiger partial charge in [-0.3, -0.25) is 0 Å². The van der Waals surface area contributed by atoms with E-state index < -0.39 is 10.0 Å². The van der Waals surface area contributed by atoms with Crippen molar-refractivity contribution < 1.29 is 8.42 Å². The van der Waals surface area contributed by atoms with E-state index in [-0.39, 0.29) is 5.41 Å². The van der Waals surface area contributed by atoms with Crippen LogP contribution in [0.3, 0.4) is 0 Å². The number of hydrogen-bond acceptors (Lipinski definition) is 2. The molecule has 4 heteroatoms. The third kappa shape index (κ3) is 3.32. The highest BCUT2D eigenvalue weighted by molar-refractivity contribution is 7.93. The minimum Gasteiger partial charge on any atom is -0.211 e. The number of hydrogen-bond donors (Lipinski definition) is 1. The molecule has 3 nitrogen and oxygen atoms in total. The molecule has 15 heavy (non-hydrogen) atoms. The van der Waals surface area contributed by atoms with Gasteiger partial charge in [-0.2, -0.15) is 0 Å². The van der Waals surface area contributed by atoms with E-state index in [2.05, 4.69) is 4.72 Å². The van der Waals surface area contributed by atoms with Crippen molar-refractivity contribution in [3.63, 3.8) is 0 Å². The maximum Gasteiger partial charge on any atom is 0.240 e. The molecule has 1 rings (SSSR count). The zero-order valence-corrected chi connectivity index (χ0v) is 10.1. The molecular formula is C11H17NO2S. The minimum atomic E-state index is -3.33. The van der Waals surface area contributed by atoms with Gasteiger partial charge in [-0.1, -0.05) is 39.0 Å². The molecule has 0 bridgehead atoms. The first-order valence-electron chi connectivity index (χ1n) is 4.96. The summed E-state index contributed by atoms with van der Waals surface area (Å²) in [5.74, 6) is 0. The average molecular weight is 227 g/mol. The summed E-state index contributed by atoms with van der Waals surface area (Å²) in [5.41, 5.74) is -0.0972. The maximum atomic E-state index is 11.7. The molecule has 0 aromatic heterocycles. The van der Waals surface area contributed by atoms with Crippen molar-refractivity contribution >= 4 is 10.0 Å². The maximum absolute atomic E-state index is 11.7. The van der Waals surface area contributed by atoms with Crippen LogP contribution in [0.5, 0.6) is 0 Å². The lowest BCUT2D eigenvalue weighted by Crippen LogP contribution is -2.23. The van der Waals surface area contributed by atoms with Gasteiger partial charge in [0.25, 0.3) is 0 Å². The van der Waals surface area contributed by atoms with E-state index in [1.807, 2.05) is 26.0 Å². The molecule has 84 valence electrons. The molecule has 0 unspecified atom stereocenters. The molecule has 0 saturated carbocycles. The van der Waals surface area contributed by atoms with Crippen molar-refractivity contribution in [1.29, 1.82) is 0 Å². The zero-order chi connectivity index (χ0) is 11.5. The van der Waals surface area contributed by atoms with Gasteiger partial charge in [-0.05, 0) is 12.2 Å². The lowest BCUT2D eigenvalue weighted by atomic mass is 9.93. The second-order valence-corrected chi connectivity index (χ2v) is 5.85. The van der Waals surface area contributed by atoms with Crippen molar-refractivity contribution in [3.8, 4) is 0 Å². The fraction of sp³-hybridized carbons (Fsp3) is 0.455. The number of nitrogens with one attached hydrogen (secondary N) is 1. The van der Waals surface area contributed by atoms with Gasteiger partial charge in [0.15, 0.2) is 0 Å². The average Bonchev–Trinajstić information content (AvgIpc) is 2.26. The van der Waals surface area contributed by atoms with Gasteiger partial charge in [-0.15, -0.1) is 0 Å². The molecule has 0 spiro atoms. The Morgan fingerprint density at radius 3 is 2.60 bits per heavy atom. The van der Waals surface area contributed by atoms with Crippen molar-refractivity contribution in [2.24, 2.45) is 5.41 Å². The molecular weight excluding hydrogens is 210 g/mol. The van der Waals surface area contributed by atoms with Gasteiger partial charge in [0.1, 0.15) is 0 Å². The van der Waals surface area contributed by atoms with E-state index >= 15 is 0 Å². The van der Waals surface area contributed by atoms with Gasteiger partial charge in [0, 0.05) is 12.0 Å². The Balaban J connectivity index is 3.01. The standard InChI is InChI=1S/C11H17NO2S/c1-4-12-15(13,14)10-6-5-8-11(2,3)9-7-10/h5-9,12H,4H2,1-3H3. The molecule has 0 aromatic carbocycles. The highest BCUT2D eigenvalue weighted by Gasteiger charge is 2.17. The van der Waals surface area contributed by atoms with Crippen LogP contribution < -0.4 is 4.72 Å². The molecule has 0 fully saturated rings. The van der Waals surface area contributed by atoms with Crippen molar-refractivity contribution in [1.82, 2.24) is 4.72 Å². The Hall–Kier alpha value is -0.870. The van der Waals surface area contributed by atoms with E-state index in [4.69, 9.17) is 0 Å². The summed E-state index contributed by atoms with van der Waals surface area (Å²) >= 11 is 0. The van der Waals surface area contributed by atoms with Crippen molar-refractivity contribution in [2.75, 3.05) is 6.54 Å². The van der Waals surface area contributed by atoms with E-state index in [0.29, 0.717) is 11.4 Å². The summed E-state index contributed by atoms with van der Waals surface area (Å²) in [6.45, 7) is 6.21. The Kier molecular flexibility index (Phi) is 3.52. The van der Waals surface area contributed by atoms with Crippen molar-refractivity contribution in [3.05, 3.63) is 35.3 Å². The van der Waals surface area contributed by atoms with Gasteiger partial charge in [-0.25, -0.2) is 13.1 Å². The summed E-state index contributed by atoms with van der Waals surface area (Å²) in [7, 11) is -3.33. The number of allylic oxidation sites excluding steroid dienone is 5. The molecule has 0 radical (unpaired) electrons. The number of rotatable bonds is 3. The second-order valence-electron chi connectivity index (χ2n) is 4.08. The smallest absolute Gasteiger partial charge is 0.211 e. The summed E-state index contributed by atoms with van der Waals surface area (Å²) in [5, 5.41) is 0. The van der Waals surface area contributed by atoms with Crippen LogP contribution in [-0.2, 0) is 10.0 Å². The first-order chi connectivity index (χ1) is 6.87. The Morgan fingerprint density at radius 2 is 2.00 bits per heavy atom. The predicted molar refractivity (Wildman–Crippen MR) is 62.7 cm³/mol. The summed E-state index contributed by atoms with van der Waals surface area (Å²) in [4.78, 5) is 0.311. The molecule has 1 aliphatic carbocycles. The van der Waals surface area contributed by atoms with Crippen molar-refractivity contribution in [2.45, 2.75) is 20.8 Å². The normalized spacial score (nSPS) is 19.8. The fourth-order valence-electron chi connectivity index (χ4n) is 1.25. The summed E-state index contributed by atoms with van der Waals surface area (Å²) in [6, 6.07) is 0. The molecule has 0 amide bonds. The van der Waals surface area contributed by atoms with E-state index in [0.717, 1.165) is 0 Å². The Bertz CT molecular complexity index is 414. The highest BCUT2D eigenvalue weighted by atomic mass is 32.2. The topological polar surface area (TPSA) is 46.2 Å². The highest BCUT2D eigenvalue weighted by Crippen LogP contribution is 2.23. The lowest BCUT2D eigenvalue weighted by Gasteiger charge is -2.12. The third-order valence-electron chi connectivity index (χ3n) is 2.11. The Morgan fingerprint density at radius 1 is 1.33 bits per heavy atom.